The quantitative estimate of drug-likeness (QED) is 0.608. The van der Waals surface area contributed by atoms with Crippen molar-refractivity contribution in [3.05, 3.63) is 12.2 Å². The van der Waals surface area contributed by atoms with Crippen LogP contribution >= 0.6 is 0 Å². The second kappa shape index (κ2) is 2.98. The summed E-state index contributed by atoms with van der Waals surface area (Å²) in [6.45, 7) is 3.15. The van der Waals surface area contributed by atoms with Gasteiger partial charge in [-0.15, -0.1) is 0 Å². The van der Waals surface area contributed by atoms with E-state index in [1.54, 1.807) is 0 Å². The van der Waals surface area contributed by atoms with Gasteiger partial charge in [-0.1, -0.05) is 12.2 Å². The fourth-order valence-corrected chi connectivity index (χ4v) is 2.29. The van der Waals surface area contributed by atoms with Crippen LogP contribution in [0.25, 0.3) is 0 Å². The SMILES string of the molecule is C/C=C/CNC1CCC2CC21. The van der Waals surface area contributed by atoms with Gasteiger partial charge in [-0.05, 0) is 38.0 Å². The molecule has 0 aromatic carbocycles. The minimum Gasteiger partial charge on any atom is -0.310 e. The van der Waals surface area contributed by atoms with Gasteiger partial charge >= 0.3 is 0 Å². The summed E-state index contributed by atoms with van der Waals surface area (Å²) in [4.78, 5) is 0. The van der Waals surface area contributed by atoms with Gasteiger partial charge in [-0.2, -0.15) is 0 Å². The van der Waals surface area contributed by atoms with Crippen LogP contribution in [-0.4, -0.2) is 12.6 Å². The maximum Gasteiger partial charge on any atom is 0.0137 e. The van der Waals surface area contributed by atoms with Crippen LogP contribution < -0.4 is 5.32 Å². The first kappa shape index (κ1) is 7.35. The lowest BCUT2D eigenvalue weighted by Crippen LogP contribution is -2.28. The molecule has 0 amide bonds. The minimum atomic E-state index is 0.858. The van der Waals surface area contributed by atoms with Gasteiger partial charge in [0.25, 0.3) is 0 Å². The van der Waals surface area contributed by atoms with Crippen molar-refractivity contribution in [1.29, 1.82) is 0 Å². The molecule has 0 aromatic rings. The summed E-state index contributed by atoms with van der Waals surface area (Å²) in [7, 11) is 0. The average Bonchev–Trinajstić information content (AvgIpc) is 2.70. The highest BCUT2D eigenvalue weighted by molar-refractivity contribution is 5.01. The molecule has 0 saturated heterocycles. The highest BCUT2D eigenvalue weighted by atomic mass is 14.9. The maximum absolute atomic E-state index is 3.59. The van der Waals surface area contributed by atoms with Gasteiger partial charge < -0.3 is 5.32 Å². The Kier molecular flexibility index (Phi) is 1.99. The van der Waals surface area contributed by atoms with Crippen molar-refractivity contribution in [2.24, 2.45) is 11.8 Å². The molecule has 2 aliphatic carbocycles. The van der Waals surface area contributed by atoms with Crippen molar-refractivity contribution in [3.63, 3.8) is 0 Å². The van der Waals surface area contributed by atoms with Crippen LogP contribution in [0.2, 0.25) is 0 Å². The molecule has 2 rings (SSSR count). The van der Waals surface area contributed by atoms with Crippen LogP contribution in [0.1, 0.15) is 26.2 Å². The van der Waals surface area contributed by atoms with Crippen molar-refractivity contribution in [2.75, 3.05) is 6.54 Å². The fraction of sp³-hybridized carbons (Fsp3) is 0.800. The molecule has 0 aromatic heterocycles. The minimum absolute atomic E-state index is 0.858. The number of hydrogen-bond donors (Lipinski definition) is 1. The van der Waals surface area contributed by atoms with Gasteiger partial charge in [0.2, 0.25) is 0 Å². The zero-order valence-electron chi connectivity index (χ0n) is 7.22. The van der Waals surface area contributed by atoms with E-state index in [4.69, 9.17) is 0 Å². The molecule has 62 valence electrons. The predicted molar refractivity (Wildman–Crippen MR) is 47.4 cm³/mol. The van der Waals surface area contributed by atoms with Gasteiger partial charge in [-0.25, -0.2) is 0 Å². The van der Waals surface area contributed by atoms with Gasteiger partial charge in [0.1, 0.15) is 0 Å². The Labute approximate surface area is 68.9 Å². The molecule has 2 aliphatic rings. The number of rotatable bonds is 3. The lowest BCUT2D eigenvalue weighted by atomic mass is 10.2. The van der Waals surface area contributed by atoms with E-state index in [1.807, 2.05) is 0 Å². The maximum atomic E-state index is 3.59. The first-order valence-corrected chi connectivity index (χ1v) is 4.76. The van der Waals surface area contributed by atoms with E-state index in [2.05, 4.69) is 24.4 Å². The largest absolute Gasteiger partial charge is 0.310 e. The van der Waals surface area contributed by atoms with Crippen LogP contribution in [0.5, 0.6) is 0 Å². The zero-order chi connectivity index (χ0) is 7.68. The molecule has 0 aliphatic heterocycles. The van der Waals surface area contributed by atoms with Gasteiger partial charge in [0, 0.05) is 12.6 Å². The molecule has 11 heavy (non-hydrogen) atoms. The van der Waals surface area contributed by atoms with E-state index in [0.717, 1.165) is 24.4 Å². The Balaban J connectivity index is 1.70. The summed E-state index contributed by atoms with van der Waals surface area (Å²) in [6.07, 6.45) is 8.74. The second-order valence-corrected chi connectivity index (χ2v) is 3.82. The highest BCUT2D eigenvalue weighted by Crippen LogP contribution is 2.51. The normalized spacial score (nSPS) is 41.4. The van der Waals surface area contributed by atoms with Crippen LogP contribution in [-0.2, 0) is 0 Å². The molecular formula is C10H17N. The predicted octanol–water partition coefficient (Wildman–Crippen LogP) is 1.95. The van der Waals surface area contributed by atoms with Gasteiger partial charge in [0.15, 0.2) is 0 Å². The lowest BCUT2D eigenvalue weighted by Gasteiger charge is -2.11. The smallest absolute Gasteiger partial charge is 0.0137 e. The Morgan fingerprint density at radius 1 is 1.45 bits per heavy atom. The summed E-state index contributed by atoms with van der Waals surface area (Å²) in [5, 5.41) is 3.59. The van der Waals surface area contributed by atoms with Crippen molar-refractivity contribution in [3.8, 4) is 0 Å². The number of allylic oxidation sites excluding steroid dienone is 1. The van der Waals surface area contributed by atoms with Crippen molar-refractivity contribution >= 4 is 0 Å². The monoisotopic (exact) mass is 151 g/mol. The van der Waals surface area contributed by atoms with E-state index in [9.17, 15) is 0 Å². The molecule has 2 fully saturated rings. The van der Waals surface area contributed by atoms with Crippen molar-refractivity contribution in [2.45, 2.75) is 32.2 Å². The second-order valence-electron chi connectivity index (χ2n) is 3.82. The van der Waals surface area contributed by atoms with Crippen LogP contribution in [0.3, 0.4) is 0 Å². The lowest BCUT2D eigenvalue weighted by molar-refractivity contribution is 0.500. The molecule has 1 N–H and O–H groups in total. The van der Waals surface area contributed by atoms with E-state index >= 15 is 0 Å². The molecule has 2 saturated carbocycles. The number of nitrogens with one attached hydrogen (secondary N) is 1. The van der Waals surface area contributed by atoms with Crippen LogP contribution in [0.4, 0.5) is 0 Å². The summed E-state index contributed by atoms with van der Waals surface area (Å²) >= 11 is 0. The fourth-order valence-electron chi connectivity index (χ4n) is 2.29. The Bertz CT molecular complexity index is 162. The molecule has 0 bridgehead atoms. The molecule has 3 atom stereocenters. The summed E-state index contributed by atoms with van der Waals surface area (Å²) in [5.41, 5.74) is 0. The van der Waals surface area contributed by atoms with E-state index in [1.165, 1.54) is 19.3 Å². The third-order valence-electron chi connectivity index (χ3n) is 3.08. The first-order valence-electron chi connectivity index (χ1n) is 4.76. The zero-order valence-corrected chi connectivity index (χ0v) is 7.22. The number of fused-ring (bicyclic) bond motifs is 1. The van der Waals surface area contributed by atoms with Crippen LogP contribution in [0, 0.1) is 11.8 Å². The van der Waals surface area contributed by atoms with Crippen molar-refractivity contribution in [1.82, 2.24) is 5.32 Å². The standard InChI is InChI=1S/C10H17N/c1-2-3-6-11-10-5-4-8-7-9(8)10/h2-3,8-11H,4-7H2,1H3/b3-2+. The molecule has 0 spiro atoms. The third-order valence-corrected chi connectivity index (χ3v) is 3.08. The average molecular weight is 151 g/mol. The Morgan fingerprint density at radius 3 is 2.91 bits per heavy atom. The molecular weight excluding hydrogens is 134 g/mol. The van der Waals surface area contributed by atoms with Gasteiger partial charge in [-0.3, -0.25) is 0 Å². The summed E-state index contributed by atoms with van der Waals surface area (Å²) in [6, 6.07) is 0.858. The van der Waals surface area contributed by atoms with E-state index < -0.39 is 0 Å². The first-order chi connectivity index (χ1) is 5.42. The molecule has 3 unspecified atom stereocenters. The van der Waals surface area contributed by atoms with E-state index in [0.29, 0.717) is 0 Å². The molecule has 1 heteroatoms. The topological polar surface area (TPSA) is 12.0 Å². The number of hydrogen-bond acceptors (Lipinski definition) is 1. The Morgan fingerprint density at radius 2 is 2.36 bits per heavy atom. The molecule has 0 radical (unpaired) electrons. The Hall–Kier alpha value is -0.300. The molecule has 0 heterocycles. The van der Waals surface area contributed by atoms with Crippen molar-refractivity contribution < 1.29 is 0 Å². The summed E-state index contributed by atoms with van der Waals surface area (Å²) in [5.74, 6) is 2.17. The van der Waals surface area contributed by atoms with Crippen LogP contribution in [0.15, 0.2) is 12.2 Å². The summed E-state index contributed by atoms with van der Waals surface area (Å²) < 4.78 is 0. The highest BCUT2D eigenvalue weighted by Gasteiger charge is 2.47. The van der Waals surface area contributed by atoms with E-state index in [-0.39, 0.29) is 0 Å². The third kappa shape index (κ3) is 1.48. The molecule has 1 nitrogen and oxygen atoms in total. The van der Waals surface area contributed by atoms with Gasteiger partial charge in [0.05, 0.1) is 0 Å².